The zero-order chi connectivity index (χ0) is 17.7. The third-order valence-corrected chi connectivity index (χ3v) is 4.32. The van der Waals surface area contributed by atoms with Gasteiger partial charge in [-0.3, -0.25) is 4.79 Å². The Labute approximate surface area is 152 Å². The number of hydrogen-bond donors (Lipinski definition) is 2. The van der Waals surface area contributed by atoms with Crippen molar-refractivity contribution in [2.75, 3.05) is 6.54 Å². The molecule has 0 saturated carbocycles. The molecule has 0 aliphatic carbocycles. The molecule has 24 heavy (non-hydrogen) atoms. The van der Waals surface area contributed by atoms with Gasteiger partial charge < -0.3 is 10.6 Å². The number of benzene rings is 1. The molecule has 0 saturated heterocycles. The minimum atomic E-state index is 0.0801. The van der Waals surface area contributed by atoms with Crippen molar-refractivity contribution in [3.63, 3.8) is 0 Å². The van der Waals surface area contributed by atoms with E-state index in [1.807, 2.05) is 49.7 Å². The number of rotatable bonds is 7. The molecule has 6 heteroatoms. The van der Waals surface area contributed by atoms with Gasteiger partial charge in [-0.25, -0.2) is 4.68 Å². The molecule has 2 N–H and O–H groups in total. The molecule has 0 spiro atoms. The van der Waals surface area contributed by atoms with E-state index in [9.17, 15) is 4.79 Å². The van der Waals surface area contributed by atoms with Crippen LogP contribution in [0, 0.1) is 13.8 Å². The van der Waals surface area contributed by atoms with E-state index in [0.29, 0.717) is 19.5 Å². The first-order chi connectivity index (χ1) is 11.4. The minimum Gasteiger partial charge on any atom is -0.354 e. The Morgan fingerprint density at radius 3 is 2.54 bits per heavy atom. The van der Waals surface area contributed by atoms with Crippen molar-refractivity contribution in [2.24, 2.45) is 0 Å². The van der Waals surface area contributed by atoms with Crippen molar-refractivity contribution in [2.45, 2.75) is 46.7 Å². The van der Waals surface area contributed by atoms with Gasteiger partial charge in [-0.1, -0.05) is 15.9 Å². The molecule has 0 atom stereocenters. The predicted octanol–water partition coefficient (Wildman–Crippen LogP) is 3.26. The molecule has 0 bridgehead atoms. The molecule has 0 unspecified atom stereocenters. The van der Waals surface area contributed by atoms with E-state index in [-0.39, 0.29) is 11.9 Å². The van der Waals surface area contributed by atoms with Crippen LogP contribution in [0.3, 0.4) is 0 Å². The molecule has 2 aromatic rings. The number of carbonyl (C=O) groups is 1. The van der Waals surface area contributed by atoms with E-state index >= 15 is 0 Å². The summed E-state index contributed by atoms with van der Waals surface area (Å²) in [5, 5.41) is 10.9. The van der Waals surface area contributed by atoms with Crippen molar-refractivity contribution >= 4 is 21.8 Å². The topological polar surface area (TPSA) is 59.0 Å². The summed E-state index contributed by atoms with van der Waals surface area (Å²) in [7, 11) is 0. The maximum atomic E-state index is 11.6. The van der Waals surface area contributed by atoms with E-state index in [0.717, 1.165) is 21.5 Å². The normalized spacial score (nSPS) is 11.1. The van der Waals surface area contributed by atoms with Crippen LogP contribution in [0.2, 0.25) is 0 Å². The molecular formula is C18H25BrN4O. The Morgan fingerprint density at radius 1 is 1.25 bits per heavy atom. The molecular weight excluding hydrogens is 368 g/mol. The van der Waals surface area contributed by atoms with Crippen LogP contribution in [0.5, 0.6) is 0 Å². The van der Waals surface area contributed by atoms with Gasteiger partial charge >= 0.3 is 0 Å². The minimum absolute atomic E-state index is 0.0801. The lowest BCUT2D eigenvalue weighted by Gasteiger charge is -2.09. The molecule has 0 aliphatic rings. The third-order valence-electron chi connectivity index (χ3n) is 3.79. The van der Waals surface area contributed by atoms with Gasteiger partial charge in [0.2, 0.25) is 5.91 Å². The van der Waals surface area contributed by atoms with E-state index in [1.165, 1.54) is 5.56 Å². The van der Waals surface area contributed by atoms with Crippen LogP contribution in [-0.2, 0) is 11.3 Å². The average Bonchev–Trinajstić information content (AvgIpc) is 2.79. The van der Waals surface area contributed by atoms with Crippen molar-refractivity contribution in [3.8, 4) is 5.69 Å². The maximum Gasteiger partial charge on any atom is 0.221 e. The van der Waals surface area contributed by atoms with Crippen LogP contribution in [0.4, 0.5) is 0 Å². The smallest absolute Gasteiger partial charge is 0.221 e. The Balaban J connectivity index is 1.97. The summed E-state index contributed by atoms with van der Waals surface area (Å²) in [6, 6.07) is 8.29. The summed E-state index contributed by atoms with van der Waals surface area (Å²) in [4.78, 5) is 11.6. The second-order valence-corrected chi connectivity index (χ2v) is 7.10. The number of nitrogens with one attached hydrogen (secondary N) is 2. The standard InChI is InChI=1S/C18H25BrN4O/c1-12(2)21-18(24)9-10-20-11-17-13(3)22-23(14(17)4)16-7-5-15(19)6-8-16/h5-8,12,20H,9-11H2,1-4H3,(H,21,24). The first kappa shape index (κ1) is 18.7. The van der Waals surface area contributed by atoms with E-state index in [4.69, 9.17) is 0 Å². The van der Waals surface area contributed by atoms with Crippen molar-refractivity contribution in [3.05, 3.63) is 45.7 Å². The van der Waals surface area contributed by atoms with Gasteiger partial charge in [0.1, 0.15) is 0 Å². The molecule has 1 aromatic carbocycles. The highest BCUT2D eigenvalue weighted by atomic mass is 79.9. The van der Waals surface area contributed by atoms with Crippen LogP contribution in [0.25, 0.3) is 5.69 Å². The van der Waals surface area contributed by atoms with E-state index in [1.54, 1.807) is 0 Å². The fourth-order valence-electron chi connectivity index (χ4n) is 2.57. The summed E-state index contributed by atoms with van der Waals surface area (Å²) in [6.07, 6.45) is 0.483. The number of aromatic nitrogens is 2. The second kappa shape index (κ2) is 8.44. The van der Waals surface area contributed by atoms with Crippen molar-refractivity contribution < 1.29 is 4.79 Å². The van der Waals surface area contributed by atoms with Crippen molar-refractivity contribution in [1.29, 1.82) is 0 Å². The highest BCUT2D eigenvalue weighted by molar-refractivity contribution is 9.10. The monoisotopic (exact) mass is 392 g/mol. The lowest BCUT2D eigenvalue weighted by atomic mass is 10.2. The summed E-state index contributed by atoms with van der Waals surface area (Å²) in [5.41, 5.74) is 4.35. The number of hydrogen-bond acceptors (Lipinski definition) is 3. The van der Waals surface area contributed by atoms with Gasteiger partial charge in [-0.2, -0.15) is 5.10 Å². The van der Waals surface area contributed by atoms with Crippen LogP contribution < -0.4 is 10.6 Å². The van der Waals surface area contributed by atoms with Crippen LogP contribution >= 0.6 is 15.9 Å². The van der Waals surface area contributed by atoms with Gasteiger partial charge in [-0.15, -0.1) is 0 Å². The molecule has 1 amide bonds. The fraction of sp³-hybridized carbons (Fsp3) is 0.444. The number of aryl methyl sites for hydroxylation is 1. The molecule has 0 radical (unpaired) electrons. The van der Waals surface area contributed by atoms with Crippen molar-refractivity contribution in [1.82, 2.24) is 20.4 Å². The zero-order valence-electron chi connectivity index (χ0n) is 14.7. The highest BCUT2D eigenvalue weighted by Crippen LogP contribution is 2.19. The quantitative estimate of drug-likeness (QED) is 0.710. The lowest BCUT2D eigenvalue weighted by molar-refractivity contribution is -0.121. The molecule has 2 rings (SSSR count). The Bertz CT molecular complexity index is 692. The number of nitrogens with zero attached hydrogens (tertiary/aromatic N) is 2. The molecule has 0 aliphatic heterocycles. The first-order valence-electron chi connectivity index (χ1n) is 8.19. The van der Waals surface area contributed by atoms with Gasteiger partial charge in [0.05, 0.1) is 11.4 Å². The summed E-state index contributed by atoms with van der Waals surface area (Å²) < 4.78 is 3.01. The third kappa shape index (κ3) is 4.92. The number of halogens is 1. The van der Waals surface area contributed by atoms with Crippen LogP contribution in [-0.4, -0.2) is 28.3 Å². The molecule has 5 nitrogen and oxygen atoms in total. The summed E-state index contributed by atoms with van der Waals surface area (Å²) >= 11 is 3.45. The van der Waals surface area contributed by atoms with Crippen LogP contribution in [0.15, 0.2) is 28.7 Å². The van der Waals surface area contributed by atoms with Gasteiger partial charge in [0, 0.05) is 41.3 Å². The fourth-order valence-corrected chi connectivity index (χ4v) is 2.84. The highest BCUT2D eigenvalue weighted by Gasteiger charge is 2.12. The molecule has 1 aromatic heterocycles. The number of amides is 1. The Hall–Kier alpha value is -1.66. The Morgan fingerprint density at radius 2 is 1.92 bits per heavy atom. The van der Waals surface area contributed by atoms with Gasteiger partial charge in [-0.05, 0) is 52.0 Å². The second-order valence-electron chi connectivity index (χ2n) is 6.19. The molecule has 130 valence electrons. The summed E-state index contributed by atoms with van der Waals surface area (Å²) in [6.45, 7) is 9.39. The van der Waals surface area contributed by atoms with Gasteiger partial charge in [0.15, 0.2) is 0 Å². The van der Waals surface area contributed by atoms with Crippen LogP contribution in [0.1, 0.15) is 37.2 Å². The summed E-state index contributed by atoms with van der Waals surface area (Å²) in [5.74, 6) is 0.0801. The number of carbonyl (C=O) groups excluding carboxylic acids is 1. The molecule has 1 heterocycles. The zero-order valence-corrected chi connectivity index (χ0v) is 16.3. The Kier molecular flexibility index (Phi) is 6.57. The molecule has 0 fully saturated rings. The first-order valence-corrected chi connectivity index (χ1v) is 8.99. The predicted molar refractivity (Wildman–Crippen MR) is 100 cm³/mol. The maximum absolute atomic E-state index is 11.6. The average molecular weight is 393 g/mol. The van der Waals surface area contributed by atoms with E-state index in [2.05, 4.69) is 38.6 Å². The largest absolute Gasteiger partial charge is 0.354 e. The lowest BCUT2D eigenvalue weighted by Crippen LogP contribution is -2.32. The van der Waals surface area contributed by atoms with E-state index < -0.39 is 0 Å². The van der Waals surface area contributed by atoms with Gasteiger partial charge in [0.25, 0.3) is 0 Å². The SMILES string of the molecule is Cc1nn(-c2ccc(Br)cc2)c(C)c1CNCCC(=O)NC(C)C.